The highest BCUT2D eigenvalue weighted by Gasteiger charge is 2.19. The zero-order chi connectivity index (χ0) is 23.4. The maximum absolute atomic E-state index is 13.3. The molecule has 11 heteroatoms. The van der Waals surface area contributed by atoms with E-state index in [-0.39, 0.29) is 11.3 Å². The van der Waals surface area contributed by atoms with Gasteiger partial charge in [-0.25, -0.2) is 9.36 Å². The van der Waals surface area contributed by atoms with Crippen LogP contribution in [0.3, 0.4) is 0 Å². The van der Waals surface area contributed by atoms with E-state index in [1.165, 1.54) is 4.57 Å². The Morgan fingerprint density at radius 2 is 1.85 bits per heavy atom. The van der Waals surface area contributed by atoms with Gasteiger partial charge in [0.05, 0.1) is 29.5 Å². The van der Waals surface area contributed by atoms with E-state index in [1.807, 2.05) is 13.0 Å². The topological polar surface area (TPSA) is 120 Å². The van der Waals surface area contributed by atoms with E-state index >= 15 is 0 Å². The predicted molar refractivity (Wildman–Crippen MR) is 125 cm³/mol. The van der Waals surface area contributed by atoms with Crippen molar-refractivity contribution in [2.24, 2.45) is 0 Å². The lowest BCUT2D eigenvalue weighted by Gasteiger charge is -2.12. The summed E-state index contributed by atoms with van der Waals surface area (Å²) in [7, 11) is 1.57. The van der Waals surface area contributed by atoms with Gasteiger partial charge in [0.25, 0.3) is 5.56 Å². The Bertz CT molecular complexity index is 1380. The molecule has 4 rings (SSSR count). The van der Waals surface area contributed by atoms with E-state index < -0.39 is 11.9 Å². The van der Waals surface area contributed by atoms with Crippen LogP contribution in [0.2, 0.25) is 0 Å². The number of hydrogen-bond donors (Lipinski definition) is 2. The van der Waals surface area contributed by atoms with Crippen LogP contribution in [0, 0.1) is 0 Å². The molecule has 2 aromatic carbocycles. The van der Waals surface area contributed by atoms with E-state index in [1.54, 1.807) is 54.0 Å². The predicted octanol–water partition coefficient (Wildman–Crippen LogP) is 2.37. The molecule has 170 valence electrons. The first-order valence-corrected chi connectivity index (χ1v) is 11.3. The van der Waals surface area contributed by atoms with Crippen LogP contribution in [0.1, 0.15) is 13.3 Å². The van der Waals surface area contributed by atoms with Crippen molar-refractivity contribution in [1.82, 2.24) is 29.8 Å². The molecule has 2 heterocycles. The van der Waals surface area contributed by atoms with Gasteiger partial charge >= 0.3 is 6.03 Å². The standard InChI is InChI=1S/C22H22N6O4S/c1-3-12-23-20(31)24-18(29)13-33-22-26-25-21-27(14-8-10-15(32-2)11-9-14)19(30)16-6-4-5-7-17(16)28(21)22/h4-11H,3,12-13H2,1-2H3,(H2,23,24,29,31). The highest BCUT2D eigenvalue weighted by atomic mass is 32.2. The Hall–Kier alpha value is -3.86. The number of urea groups is 1. The molecule has 2 aromatic heterocycles. The third-order valence-corrected chi connectivity index (χ3v) is 5.78. The molecule has 0 aliphatic rings. The average Bonchev–Trinajstić information content (AvgIpc) is 3.25. The summed E-state index contributed by atoms with van der Waals surface area (Å²) >= 11 is 1.12. The molecular formula is C22H22N6O4S. The Labute approximate surface area is 193 Å². The van der Waals surface area contributed by atoms with Crippen molar-refractivity contribution in [2.45, 2.75) is 18.5 Å². The molecule has 0 saturated heterocycles. The Morgan fingerprint density at radius 3 is 2.58 bits per heavy atom. The minimum Gasteiger partial charge on any atom is -0.497 e. The number of nitrogens with zero attached hydrogens (tertiary/aromatic N) is 4. The maximum atomic E-state index is 13.3. The number of aromatic nitrogens is 4. The van der Waals surface area contributed by atoms with Gasteiger partial charge < -0.3 is 10.1 Å². The molecule has 4 aromatic rings. The van der Waals surface area contributed by atoms with Crippen LogP contribution in [0.15, 0.2) is 58.5 Å². The lowest BCUT2D eigenvalue weighted by molar-refractivity contribution is -0.117. The Kier molecular flexibility index (Phi) is 6.59. The van der Waals surface area contributed by atoms with Crippen LogP contribution in [0.5, 0.6) is 5.75 Å². The van der Waals surface area contributed by atoms with Gasteiger partial charge in [0.1, 0.15) is 5.75 Å². The van der Waals surface area contributed by atoms with Gasteiger partial charge in [0.15, 0.2) is 5.16 Å². The summed E-state index contributed by atoms with van der Waals surface area (Å²) in [6.45, 7) is 2.40. The van der Waals surface area contributed by atoms with Crippen LogP contribution in [0.25, 0.3) is 22.4 Å². The maximum Gasteiger partial charge on any atom is 0.321 e. The quantitative estimate of drug-likeness (QED) is 0.401. The number of ether oxygens (including phenoxy) is 1. The Morgan fingerprint density at radius 1 is 1.09 bits per heavy atom. The van der Waals surface area contributed by atoms with Crippen molar-refractivity contribution in [3.05, 3.63) is 58.9 Å². The second-order valence-electron chi connectivity index (χ2n) is 7.07. The van der Waals surface area contributed by atoms with Crippen molar-refractivity contribution >= 4 is 40.4 Å². The van der Waals surface area contributed by atoms with Gasteiger partial charge in [-0.3, -0.25) is 19.3 Å². The van der Waals surface area contributed by atoms with E-state index in [0.717, 1.165) is 18.2 Å². The van der Waals surface area contributed by atoms with Crippen molar-refractivity contribution < 1.29 is 14.3 Å². The normalized spacial score (nSPS) is 11.0. The molecule has 0 fully saturated rings. The third-order valence-electron chi connectivity index (χ3n) is 4.85. The lowest BCUT2D eigenvalue weighted by Crippen LogP contribution is -2.40. The fourth-order valence-corrected chi connectivity index (χ4v) is 4.05. The first-order valence-electron chi connectivity index (χ1n) is 10.3. The number of nitrogens with one attached hydrogen (secondary N) is 2. The number of para-hydroxylation sites is 1. The van der Waals surface area contributed by atoms with Gasteiger partial charge in [-0.1, -0.05) is 30.8 Å². The number of methoxy groups -OCH3 is 1. The summed E-state index contributed by atoms with van der Waals surface area (Å²) < 4.78 is 8.41. The molecule has 0 atom stereocenters. The molecule has 0 spiro atoms. The number of carbonyl (C=O) groups excluding carboxylic acids is 2. The van der Waals surface area contributed by atoms with Crippen LogP contribution in [-0.2, 0) is 4.79 Å². The highest BCUT2D eigenvalue weighted by molar-refractivity contribution is 7.99. The molecule has 0 radical (unpaired) electrons. The minimum absolute atomic E-state index is 0.0453. The van der Waals surface area contributed by atoms with Crippen molar-refractivity contribution in [1.29, 1.82) is 0 Å². The summed E-state index contributed by atoms with van der Waals surface area (Å²) in [5.41, 5.74) is 0.985. The number of benzene rings is 2. The Balaban J connectivity index is 1.73. The molecule has 0 aliphatic carbocycles. The average molecular weight is 467 g/mol. The molecule has 33 heavy (non-hydrogen) atoms. The molecule has 0 unspecified atom stereocenters. The summed E-state index contributed by atoms with van der Waals surface area (Å²) in [5.74, 6) is 0.469. The number of rotatable bonds is 7. The summed E-state index contributed by atoms with van der Waals surface area (Å²) in [6.07, 6.45) is 0.769. The first kappa shape index (κ1) is 22.3. The van der Waals surface area contributed by atoms with E-state index in [9.17, 15) is 14.4 Å². The van der Waals surface area contributed by atoms with Gasteiger partial charge in [0, 0.05) is 6.54 Å². The van der Waals surface area contributed by atoms with Gasteiger partial charge in [0.2, 0.25) is 11.7 Å². The third kappa shape index (κ3) is 4.53. The summed E-state index contributed by atoms with van der Waals surface area (Å²) in [6, 6.07) is 13.6. The van der Waals surface area contributed by atoms with Crippen molar-refractivity contribution in [2.75, 3.05) is 19.4 Å². The van der Waals surface area contributed by atoms with Crippen molar-refractivity contribution in [3.63, 3.8) is 0 Å². The highest BCUT2D eigenvalue weighted by Crippen LogP contribution is 2.23. The molecule has 2 N–H and O–H groups in total. The molecule has 0 aliphatic heterocycles. The fourth-order valence-electron chi connectivity index (χ4n) is 3.31. The SMILES string of the molecule is CCCNC(=O)NC(=O)CSc1nnc2n(-c3ccc(OC)cc3)c(=O)c3ccccc3n12. The summed E-state index contributed by atoms with van der Waals surface area (Å²) in [4.78, 5) is 37.2. The largest absolute Gasteiger partial charge is 0.497 e. The van der Waals surface area contributed by atoms with Gasteiger partial charge in [-0.05, 0) is 42.8 Å². The number of carbonyl (C=O) groups is 2. The number of imide groups is 1. The smallest absolute Gasteiger partial charge is 0.321 e. The van der Waals surface area contributed by atoms with Crippen LogP contribution >= 0.6 is 11.8 Å². The molecular weight excluding hydrogens is 444 g/mol. The van der Waals surface area contributed by atoms with Crippen molar-refractivity contribution in [3.8, 4) is 11.4 Å². The molecule has 10 nitrogen and oxygen atoms in total. The minimum atomic E-state index is -0.535. The number of thioether (sulfide) groups is 1. The van der Waals surface area contributed by atoms with E-state index in [2.05, 4.69) is 20.8 Å². The molecule has 0 bridgehead atoms. The van der Waals surface area contributed by atoms with Crippen LogP contribution in [0.4, 0.5) is 4.79 Å². The lowest BCUT2D eigenvalue weighted by atomic mass is 10.2. The number of hydrogen-bond acceptors (Lipinski definition) is 7. The number of amides is 3. The monoisotopic (exact) mass is 466 g/mol. The second-order valence-corrected chi connectivity index (χ2v) is 8.01. The van der Waals surface area contributed by atoms with Gasteiger partial charge in [-0.2, -0.15) is 0 Å². The van der Waals surface area contributed by atoms with E-state index in [0.29, 0.717) is 39.8 Å². The van der Waals surface area contributed by atoms with Crippen LogP contribution < -0.4 is 20.9 Å². The summed E-state index contributed by atoms with van der Waals surface area (Å²) in [5, 5.41) is 14.2. The van der Waals surface area contributed by atoms with Gasteiger partial charge in [-0.15, -0.1) is 10.2 Å². The first-order chi connectivity index (χ1) is 16.0. The zero-order valence-electron chi connectivity index (χ0n) is 18.1. The molecule has 0 saturated carbocycles. The van der Waals surface area contributed by atoms with Crippen LogP contribution in [-0.4, -0.2) is 50.5 Å². The number of fused-ring (bicyclic) bond motifs is 3. The zero-order valence-corrected chi connectivity index (χ0v) is 18.9. The second kappa shape index (κ2) is 9.74. The molecule has 3 amide bonds. The fraction of sp³-hybridized carbons (Fsp3) is 0.227. The van der Waals surface area contributed by atoms with E-state index in [4.69, 9.17) is 4.74 Å².